The molecular weight excluding hydrogens is 228 g/mol. The Morgan fingerprint density at radius 2 is 1.83 bits per heavy atom. The molecule has 0 heterocycles. The second-order valence-electron chi connectivity index (χ2n) is 6.40. The van der Waals surface area contributed by atoms with E-state index in [4.69, 9.17) is 9.84 Å². The number of hydrogen-bond acceptors (Lipinski definition) is 2. The molecule has 1 fully saturated rings. The monoisotopic (exact) mass is 256 g/mol. The molecule has 3 nitrogen and oxygen atoms in total. The Balaban J connectivity index is 2.04. The van der Waals surface area contributed by atoms with Crippen molar-refractivity contribution in [1.29, 1.82) is 0 Å². The lowest BCUT2D eigenvalue weighted by molar-refractivity contribution is -0.147. The molecule has 1 aliphatic rings. The van der Waals surface area contributed by atoms with Gasteiger partial charge in [-0.2, -0.15) is 0 Å². The third-order valence-corrected chi connectivity index (χ3v) is 4.09. The average molecular weight is 256 g/mol. The zero-order chi connectivity index (χ0) is 13.6. The molecule has 0 aromatic rings. The van der Waals surface area contributed by atoms with Crippen LogP contribution < -0.4 is 0 Å². The second-order valence-corrected chi connectivity index (χ2v) is 6.40. The Kier molecular flexibility index (Phi) is 6.13. The summed E-state index contributed by atoms with van der Waals surface area (Å²) in [6, 6.07) is 0. The SMILES string of the molecule is CC1CCC(OCCCCC(C)(C)C(=O)O)CC1. The summed E-state index contributed by atoms with van der Waals surface area (Å²) in [4.78, 5) is 10.9. The van der Waals surface area contributed by atoms with Gasteiger partial charge in [-0.15, -0.1) is 0 Å². The highest BCUT2D eigenvalue weighted by atomic mass is 16.5. The predicted octanol–water partition coefficient (Wildman–Crippen LogP) is 3.86. The van der Waals surface area contributed by atoms with Crippen LogP contribution >= 0.6 is 0 Å². The minimum Gasteiger partial charge on any atom is -0.481 e. The van der Waals surface area contributed by atoms with E-state index in [1.165, 1.54) is 25.7 Å². The molecular formula is C15H28O3. The standard InChI is InChI=1S/C15H28O3/c1-12-6-8-13(9-7-12)18-11-5-4-10-15(2,3)14(16)17/h12-13H,4-11H2,1-3H3,(H,16,17). The minimum atomic E-state index is -0.704. The summed E-state index contributed by atoms with van der Waals surface area (Å²) in [5.41, 5.74) is -0.597. The van der Waals surface area contributed by atoms with Crippen LogP contribution in [0.15, 0.2) is 0 Å². The fourth-order valence-corrected chi connectivity index (χ4v) is 2.42. The van der Waals surface area contributed by atoms with Crippen molar-refractivity contribution in [1.82, 2.24) is 0 Å². The van der Waals surface area contributed by atoms with Gasteiger partial charge in [-0.1, -0.05) is 13.3 Å². The van der Waals surface area contributed by atoms with Crippen molar-refractivity contribution in [3.63, 3.8) is 0 Å². The number of carbonyl (C=O) groups is 1. The molecule has 1 aliphatic carbocycles. The molecule has 0 amide bonds. The number of ether oxygens (including phenoxy) is 1. The molecule has 106 valence electrons. The molecule has 0 unspecified atom stereocenters. The van der Waals surface area contributed by atoms with Crippen LogP contribution in [0.1, 0.15) is 65.7 Å². The summed E-state index contributed by atoms with van der Waals surface area (Å²) in [6.45, 7) is 6.68. The molecule has 0 atom stereocenters. The molecule has 0 saturated heterocycles. The second kappa shape index (κ2) is 7.13. The van der Waals surface area contributed by atoms with Gasteiger partial charge in [0.1, 0.15) is 0 Å². The van der Waals surface area contributed by atoms with Gasteiger partial charge in [0.2, 0.25) is 0 Å². The van der Waals surface area contributed by atoms with Gasteiger partial charge in [0.25, 0.3) is 0 Å². The maximum Gasteiger partial charge on any atom is 0.309 e. The Morgan fingerprint density at radius 3 is 2.39 bits per heavy atom. The van der Waals surface area contributed by atoms with Gasteiger partial charge in [0.15, 0.2) is 0 Å². The van der Waals surface area contributed by atoms with Gasteiger partial charge in [-0.25, -0.2) is 0 Å². The van der Waals surface area contributed by atoms with Crippen LogP contribution in [0.2, 0.25) is 0 Å². The minimum absolute atomic E-state index is 0.452. The smallest absolute Gasteiger partial charge is 0.309 e. The van der Waals surface area contributed by atoms with E-state index in [2.05, 4.69) is 6.92 Å². The summed E-state index contributed by atoms with van der Waals surface area (Å²) in [7, 11) is 0. The van der Waals surface area contributed by atoms with Crippen molar-refractivity contribution in [2.45, 2.75) is 71.8 Å². The number of carboxylic acids is 1. The quantitative estimate of drug-likeness (QED) is 0.703. The third-order valence-electron chi connectivity index (χ3n) is 4.09. The summed E-state index contributed by atoms with van der Waals surface area (Å²) < 4.78 is 5.86. The molecule has 1 N–H and O–H groups in total. The summed E-state index contributed by atoms with van der Waals surface area (Å²) in [5.74, 6) is 0.158. The van der Waals surface area contributed by atoms with E-state index < -0.39 is 11.4 Å². The number of carboxylic acid groups (broad SMARTS) is 1. The molecule has 0 aromatic heterocycles. The van der Waals surface area contributed by atoms with Crippen LogP contribution in [0.5, 0.6) is 0 Å². The molecule has 0 aromatic carbocycles. The lowest BCUT2D eigenvalue weighted by atomic mass is 9.87. The van der Waals surface area contributed by atoms with Gasteiger partial charge >= 0.3 is 5.97 Å². The topological polar surface area (TPSA) is 46.5 Å². The largest absolute Gasteiger partial charge is 0.481 e. The highest BCUT2D eigenvalue weighted by Gasteiger charge is 2.26. The van der Waals surface area contributed by atoms with Gasteiger partial charge in [0.05, 0.1) is 11.5 Å². The molecule has 18 heavy (non-hydrogen) atoms. The first kappa shape index (κ1) is 15.5. The van der Waals surface area contributed by atoms with Crippen LogP contribution in [0.25, 0.3) is 0 Å². The molecule has 1 rings (SSSR count). The van der Waals surface area contributed by atoms with Crippen molar-refractivity contribution >= 4 is 5.97 Å². The molecule has 1 saturated carbocycles. The summed E-state index contributed by atoms with van der Waals surface area (Å²) in [6.07, 6.45) is 8.06. The highest BCUT2D eigenvalue weighted by Crippen LogP contribution is 2.26. The van der Waals surface area contributed by atoms with Crippen molar-refractivity contribution in [2.24, 2.45) is 11.3 Å². The Morgan fingerprint density at radius 1 is 1.22 bits per heavy atom. The van der Waals surface area contributed by atoms with E-state index >= 15 is 0 Å². The van der Waals surface area contributed by atoms with Crippen LogP contribution in [-0.4, -0.2) is 23.8 Å². The molecule has 0 spiro atoms. The van der Waals surface area contributed by atoms with E-state index in [0.29, 0.717) is 6.10 Å². The van der Waals surface area contributed by atoms with E-state index in [1.807, 2.05) is 0 Å². The number of aliphatic carboxylic acids is 1. The number of hydrogen-bond donors (Lipinski definition) is 1. The van der Waals surface area contributed by atoms with Crippen molar-refractivity contribution in [3.05, 3.63) is 0 Å². The number of unbranched alkanes of at least 4 members (excludes halogenated alkanes) is 1. The van der Waals surface area contributed by atoms with Crippen LogP contribution in [0.3, 0.4) is 0 Å². The van der Waals surface area contributed by atoms with E-state index in [0.717, 1.165) is 31.8 Å². The first-order valence-corrected chi connectivity index (χ1v) is 7.27. The lowest BCUT2D eigenvalue weighted by Crippen LogP contribution is -2.24. The van der Waals surface area contributed by atoms with Gasteiger partial charge in [-0.05, 0) is 58.3 Å². The van der Waals surface area contributed by atoms with Gasteiger partial charge < -0.3 is 9.84 Å². The molecule has 3 heteroatoms. The van der Waals surface area contributed by atoms with E-state index in [9.17, 15) is 4.79 Å². The van der Waals surface area contributed by atoms with E-state index in [1.54, 1.807) is 13.8 Å². The zero-order valence-corrected chi connectivity index (χ0v) is 12.1. The Labute approximate surface area is 111 Å². The summed E-state index contributed by atoms with van der Waals surface area (Å²) in [5, 5.41) is 9.00. The average Bonchev–Trinajstić information content (AvgIpc) is 2.31. The molecule has 0 aliphatic heterocycles. The van der Waals surface area contributed by atoms with E-state index in [-0.39, 0.29) is 0 Å². The Hall–Kier alpha value is -0.570. The highest BCUT2D eigenvalue weighted by molar-refractivity contribution is 5.73. The van der Waals surface area contributed by atoms with Gasteiger partial charge in [0, 0.05) is 6.61 Å². The molecule has 0 radical (unpaired) electrons. The first-order valence-electron chi connectivity index (χ1n) is 7.27. The van der Waals surface area contributed by atoms with Crippen molar-refractivity contribution < 1.29 is 14.6 Å². The normalized spacial score (nSPS) is 25.1. The third kappa shape index (κ3) is 5.38. The number of rotatable bonds is 7. The maximum atomic E-state index is 10.9. The van der Waals surface area contributed by atoms with Crippen LogP contribution in [0, 0.1) is 11.3 Å². The van der Waals surface area contributed by atoms with Gasteiger partial charge in [-0.3, -0.25) is 4.79 Å². The fourth-order valence-electron chi connectivity index (χ4n) is 2.42. The molecule has 0 bridgehead atoms. The van der Waals surface area contributed by atoms with Crippen molar-refractivity contribution in [3.8, 4) is 0 Å². The maximum absolute atomic E-state index is 10.9. The predicted molar refractivity (Wildman–Crippen MR) is 72.6 cm³/mol. The van der Waals surface area contributed by atoms with Crippen molar-refractivity contribution in [2.75, 3.05) is 6.61 Å². The zero-order valence-electron chi connectivity index (χ0n) is 12.1. The van der Waals surface area contributed by atoms with Crippen LogP contribution in [-0.2, 0) is 9.53 Å². The summed E-state index contributed by atoms with van der Waals surface area (Å²) >= 11 is 0. The van der Waals surface area contributed by atoms with Crippen LogP contribution in [0.4, 0.5) is 0 Å². The lowest BCUT2D eigenvalue weighted by Gasteiger charge is -2.26. The first-order chi connectivity index (χ1) is 8.42. The fraction of sp³-hybridized carbons (Fsp3) is 0.933. The Bertz CT molecular complexity index is 252.